The summed E-state index contributed by atoms with van der Waals surface area (Å²) in [6, 6.07) is 6.96. The molecule has 1 N–H and O–H groups in total. The Morgan fingerprint density at radius 3 is 2.82 bits per heavy atom. The number of hydrogen-bond donors (Lipinski definition) is 1. The third kappa shape index (κ3) is 3.67. The molecule has 1 aliphatic heterocycles. The van der Waals surface area contributed by atoms with Gasteiger partial charge in [-0.2, -0.15) is 0 Å². The van der Waals surface area contributed by atoms with Gasteiger partial charge >= 0.3 is 5.97 Å². The minimum Gasteiger partial charge on any atom is -0.496 e. The van der Waals surface area contributed by atoms with Gasteiger partial charge in [-0.15, -0.1) is 0 Å². The van der Waals surface area contributed by atoms with E-state index < -0.39 is 12.0 Å². The van der Waals surface area contributed by atoms with Gasteiger partial charge in [0.1, 0.15) is 11.8 Å². The summed E-state index contributed by atoms with van der Waals surface area (Å²) >= 11 is 0. The van der Waals surface area contributed by atoms with Gasteiger partial charge in [-0.05, 0) is 37.8 Å². The molecule has 1 aromatic rings. The van der Waals surface area contributed by atoms with Crippen LogP contribution in [0.5, 0.6) is 5.75 Å². The van der Waals surface area contributed by atoms with Gasteiger partial charge in [0, 0.05) is 12.6 Å². The number of carbonyl (C=O) groups excluding carboxylic acids is 1. The van der Waals surface area contributed by atoms with E-state index in [2.05, 4.69) is 0 Å². The average molecular weight is 303 g/mol. The first-order chi connectivity index (χ1) is 10.5. The van der Waals surface area contributed by atoms with Gasteiger partial charge in [0.2, 0.25) is 5.91 Å². The predicted octanol–water partition coefficient (Wildman–Crippen LogP) is 2.26. The molecule has 0 radical (unpaired) electrons. The molecule has 2 rings (SSSR count). The van der Waals surface area contributed by atoms with E-state index in [-0.39, 0.29) is 5.91 Å². The predicted molar refractivity (Wildman–Crippen MR) is 82.8 cm³/mol. The molecule has 118 valence electrons. The second-order valence-corrected chi connectivity index (χ2v) is 5.51. The van der Waals surface area contributed by atoms with Gasteiger partial charge in [0.25, 0.3) is 0 Å². The quantitative estimate of drug-likeness (QED) is 0.847. The van der Waals surface area contributed by atoms with E-state index in [4.69, 9.17) is 9.84 Å². The molecule has 1 amide bonds. The highest BCUT2D eigenvalue weighted by Gasteiger charge is 2.32. The molecule has 1 heterocycles. The molecule has 0 bridgehead atoms. The molecular weight excluding hydrogens is 282 g/mol. The fourth-order valence-corrected chi connectivity index (χ4v) is 2.78. The van der Waals surface area contributed by atoms with Crippen molar-refractivity contribution >= 4 is 11.9 Å². The third-order valence-corrected chi connectivity index (χ3v) is 3.85. The fraction of sp³-hybridized carbons (Fsp3) is 0.412. The number of para-hydroxylation sites is 1. The van der Waals surface area contributed by atoms with Crippen LogP contribution in [0, 0.1) is 0 Å². The van der Waals surface area contributed by atoms with Crippen LogP contribution < -0.4 is 4.74 Å². The maximum Gasteiger partial charge on any atom is 0.326 e. The number of benzene rings is 1. The first kappa shape index (κ1) is 16.1. The lowest BCUT2D eigenvalue weighted by Crippen LogP contribution is -2.39. The summed E-state index contributed by atoms with van der Waals surface area (Å²) in [6.07, 6.45) is 3.40. The number of nitrogens with zero attached hydrogens (tertiary/aromatic N) is 1. The highest BCUT2D eigenvalue weighted by Crippen LogP contribution is 2.22. The molecular formula is C17H21NO4. The van der Waals surface area contributed by atoms with Crippen molar-refractivity contribution in [3.05, 3.63) is 41.5 Å². The summed E-state index contributed by atoms with van der Waals surface area (Å²) in [5.41, 5.74) is 1.88. The number of ether oxygens (including phenoxy) is 1. The van der Waals surface area contributed by atoms with Crippen LogP contribution in [0.1, 0.15) is 25.3 Å². The van der Waals surface area contributed by atoms with Crippen molar-refractivity contribution in [2.75, 3.05) is 13.7 Å². The zero-order valence-corrected chi connectivity index (χ0v) is 12.9. The summed E-state index contributed by atoms with van der Waals surface area (Å²) < 4.78 is 5.30. The van der Waals surface area contributed by atoms with Gasteiger partial charge < -0.3 is 14.7 Å². The van der Waals surface area contributed by atoms with E-state index in [1.165, 1.54) is 11.0 Å². The van der Waals surface area contributed by atoms with Crippen molar-refractivity contribution in [3.63, 3.8) is 0 Å². The number of carbonyl (C=O) groups is 2. The second-order valence-electron chi connectivity index (χ2n) is 5.51. The molecule has 0 spiro atoms. The van der Waals surface area contributed by atoms with Crippen molar-refractivity contribution in [2.24, 2.45) is 0 Å². The summed E-state index contributed by atoms with van der Waals surface area (Å²) in [7, 11) is 1.62. The fourth-order valence-electron chi connectivity index (χ4n) is 2.78. The molecule has 1 fully saturated rings. The molecule has 1 aliphatic rings. The summed E-state index contributed by atoms with van der Waals surface area (Å²) in [6.45, 7) is 2.38. The third-order valence-electron chi connectivity index (χ3n) is 3.85. The van der Waals surface area contributed by atoms with Gasteiger partial charge in [-0.1, -0.05) is 23.8 Å². The number of aliphatic carboxylic acids is 1. The Kier molecular flexibility index (Phi) is 5.20. The minimum atomic E-state index is -0.929. The first-order valence-electron chi connectivity index (χ1n) is 7.35. The van der Waals surface area contributed by atoms with Gasteiger partial charge in [0.15, 0.2) is 0 Å². The van der Waals surface area contributed by atoms with Crippen LogP contribution in [0.15, 0.2) is 35.9 Å². The Hall–Kier alpha value is -2.30. The molecule has 0 aromatic heterocycles. The van der Waals surface area contributed by atoms with Crippen LogP contribution in [0.25, 0.3) is 0 Å². The largest absolute Gasteiger partial charge is 0.496 e. The maximum absolute atomic E-state index is 12.3. The second kappa shape index (κ2) is 7.11. The average Bonchev–Trinajstić information content (AvgIpc) is 2.97. The minimum absolute atomic E-state index is 0.225. The molecule has 0 aliphatic carbocycles. The first-order valence-corrected chi connectivity index (χ1v) is 7.35. The number of carboxylic acids is 1. The molecule has 22 heavy (non-hydrogen) atoms. The van der Waals surface area contributed by atoms with Crippen molar-refractivity contribution in [1.82, 2.24) is 4.90 Å². The highest BCUT2D eigenvalue weighted by molar-refractivity contribution is 5.92. The van der Waals surface area contributed by atoms with Gasteiger partial charge in [-0.3, -0.25) is 4.79 Å². The standard InChI is InChI=1S/C17H21NO4/c1-12(10-13-6-3-4-8-15(13)22-2)11-16(19)18-9-5-7-14(18)17(20)21/h3-4,6,8,11,14H,5,7,9-10H2,1-2H3,(H,20,21)/b12-11+. The van der Waals surface area contributed by atoms with E-state index in [1.807, 2.05) is 31.2 Å². The Morgan fingerprint density at radius 2 is 2.14 bits per heavy atom. The van der Waals surface area contributed by atoms with E-state index in [0.717, 1.165) is 23.3 Å². The van der Waals surface area contributed by atoms with Crippen LogP contribution >= 0.6 is 0 Å². The number of rotatable bonds is 5. The van der Waals surface area contributed by atoms with Crippen molar-refractivity contribution in [1.29, 1.82) is 0 Å². The van der Waals surface area contributed by atoms with Crippen LogP contribution in [0.3, 0.4) is 0 Å². The Bertz CT molecular complexity index is 594. The molecule has 0 saturated carbocycles. The Balaban J connectivity index is 2.08. The van der Waals surface area contributed by atoms with Gasteiger partial charge in [0.05, 0.1) is 7.11 Å². The molecule has 5 nitrogen and oxygen atoms in total. The number of methoxy groups -OCH3 is 1. The zero-order valence-electron chi connectivity index (χ0n) is 12.9. The molecule has 1 aromatic carbocycles. The zero-order chi connectivity index (χ0) is 16.1. The van der Waals surface area contributed by atoms with E-state index in [9.17, 15) is 9.59 Å². The SMILES string of the molecule is COc1ccccc1C/C(C)=C/C(=O)N1CCCC1C(=O)O. The molecule has 1 saturated heterocycles. The summed E-state index contributed by atoms with van der Waals surface area (Å²) in [5, 5.41) is 9.14. The number of carboxylic acid groups (broad SMARTS) is 1. The number of allylic oxidation sites excluding steroid dienone is 1. The topological polar surface area (TPSA) is 66.8 Å². The molecule has 1 atom stereocenters. The Labute approximate surface area is 130 Å². The smallest absolute Gasteiger partial charge is 0.326 e. The van der Waals surface area contributed by atoms with E-state index >= 15 is 0 Å². The number of amides is 1. The van der Waals surface area contributed by atoms with Gasteiger partial charge in [-0.25, -0.2) is 4.79 Å². The lowest BCUT2D eigenvalue weighted by Gasteiger charge is -2.20. The van der Waals surface area contributed by atoms with Crippen molar-refractivity contribution < 1.29 is 19.4 Å². The number of likely N-dealkylation sites (tertiary alicyclic amines) is 1. The molecule has 5 heteroatoms. The van der Waals surface area contributed by atoms with E-state index in [1.54, 1.807) is 7.11 Å². The van der Waals surface area contributed by atoms with Crippen LogP contribution in [-0.2, 0) is 16.0 Å². The van der Waals surface area contributed by atoms with Crippen LogP contribution in [-0.4, -0.2) is 41.6 Å². The monoisotopic (exact) mass is 303 g/mol. The van der Waals surface area contributed by atoms with Crippen LogP contribution in [0.4, 0.5) is 0 Å². The Morgan fingerprint density at radius 1 is 1.41 bits per heavy atom. The lowest BCUT2D eigenvalue weighted by atomic mass is 10.0. The van der Waals surface area contributed by atoms with E-state index in [0.29, 0.717) is 19.4 Å². The van der Waals surface area contributed by atoms with Crippen molar-refractivity contribution in [3.8, 4) is 5.75 Å². The highest BCUT2D eigenvalue weighted by atomic mass is 16.5. The van der Waals surface area contributed by atoms with Crippen molar-refractivity contribution in [2.45, 2.75) is 32.2 Å². The maximum atomic E-state index is 12.3. The summed E-state index contributed by atoms with van der Waals surface area (Å²) in [5.74, 6) is -0.369. The number of hydrogen-bond acceptors (Lipinski definition) is 3. The summed E-state index contributed by atoms with van der Waals surface area (Å²) in [4.78, 5) is 24.9. The normalized spacial score (nSPS) is 18.4. The lowest BCUT2D eigenvalue weighted by molar-refractivity contribution is -0.146. The molecule has 1 unspecified atom stereocenters. The van der Waals surface area contributed by atoms with Crippen LogP contribution in [0.2, 0.25) is 0 Å².